The highest BCUT2D eigenvalue weighted by molar-refractivity contribution is 6.59. The quantitative estimate of drug-likeness (QED) is 0.700. The lowest BCUT2D eigenvalue weighted by atomic mass is 9.77. The van der Waals surface area contributed by atoms with Gasteiger partial charge in [0.2, 0.25) is 0 Å². The number of alkyl halides is 3. The third-order valence-corrected chi connectivity index (χ3v) is 1.92. The van der Waals surface area contributed by atoms with Crippen LogP contribution in [0.4, 0.5) is 13.2 Å². The first-order chi connectivity index (χ1) is 6.34. The van der Waals surface area contributed by atoms with Crippen LogP contribution in [-0.4, -0.2) is 17.2 Å². The Labute approximate surface area is 83.1 Å². The fraction of sp³-hybridized carbons (Fsp3) is 0.143. The molecule has 0 amide bonds. The van der Waals surface area contributed by atoms with E-state index in [0.29, 0.717) is 0 Å². The van der Waals surface area contributed by atoms with Crippen LogP contribution in [0.15, 0.2) is 18.2 Å². The number of halogens is 4. The second-order valence-electron chi connectivity index (χ2n) is 2.58. The van der Waals surface area contributed by atoms with Crippen molar-refractivity contribution < 1.29 is 23.2 Å². The maximum Gasteiger partial charge on any atom is 0.489 e. The minimum atomic E-state index is -4.70. The van der Waals surface area contributed by atoms with Gasteiger partial charge in [-0.3, -0.25) is 0 Å². The Morgan fingerprint density at radius 3 is 2.14 bits per heavy atom. The summed E-state index contributed by atoms with van der Waals surface area (Å²) in [5.74, 6) is 0. The molecule has 0 aliphatic carbocycles. The highest BCUT2D eigenvalue weighted by Crippen LogP contribution is 2.33. The Balaban J connectivity index is 3.38. The van der Waals surface area contributed by atoms with E-state index in [1.54, 1.807) is 0 Å². The molecule has 0 saturated carbocycles. The zero-order chi connectivity index (χ0) is 10.9. The second-order valence-corrected chi connectivity index (χ2v) is 2.98. The van der Waals surface area contributed by atoms with Gasteiger partial charge in [0.15, 0.2) is 0 Å². The Morgan fingerprint density at radius 1 is 1.21 bits per heavy atom. The molecule has 0 heterocycles. The van der Waals surface area contributed by atoms with Gasteiger partial charge in [-0.15, -0.1) is 0 Å². The fourth-order valence-electron chi connectivity index (χ4n) is 1.06. The predicted octanol–water partition coefficient (Wildman–Crippen LogP) is 1.04. The van der Waals surface area contributed by atoms with E-state index < -0.39 is 29.3 Å². The molecule has 0 fully saturated rings. The normalized spacial score (nSPS) is 11.6. The summed E-state index contributed by atoms with van der Waals surface area (Å²) < 4.78 is 37.1. The molecule has 1 rings (SSSR count). The van der Waals surface area contributed by atoms with E-state index in [1.165, 1.54) is 6.07 Å². The summed E-state index contributed by atoms with van der Waals surface area (Å²) in [5.41, 5.74) is -1.86. The molecular formula is C7H5BClF3O2. The molecule has 2 nitrogen and oxygen atoms in total. The summed E-state index contributed by atoms with van der Waals surface area (Å²) in [4.78, 5) is 0. The maximum absolute atomic E-state index is 12.4. The summed E-state index contributed by atoms with van der Waals surface area (Å²) in [7, 11) is -2.19. The summed E-state index contributed by atoms with van der Waals surface area (Å²) in [6.45, 7) is 0. The van der Waals surface area contributed by atoms with E-state index in [9.17, 15) is 13.2 Å². The Morgan fingerprint density at radius 2 is 1.79 bits per heavy atom. The first-order valence-electron chi connectivity index (χ1n) is 3.56. The predicted molar refractivity (Wildman–Crippen MR) is 46.3 cm³/mol. The van der Waals surface area contributed by atoms with Crippen LogP contribution < -0.4 is 5.46 Å². The van der Waals surface area contributed by atoms with E-state index in [1.807, 2.05) is 0 Å². The van der Waals surface area contributed by atoms with Crippen molar-refractivity contribution in [2.24, 2.45) is 0 Å². The summed E-state index contributed by atoms with van der Waals surface area (Å²) in [5, 5.41) is 16.8. The molecule has 0 aliphatic rings. The van der Waals surface area contributed by atoms with Crippen LogP contribution in [0.5, 0.6) is 0 Å². The van der Waals surface area contributed by atoms with Gasteiger partial charge in [0.05, 0.1) is 10.6 Å². The van der Waals surface area contributed by atoms with Gasteiger partial charge in [-0.25, -0.2) is 0 Å². The molecule has 0 aromatic heterocycles. The zero-order valence-corrected chi connectivity index (χ0v) is 7.47. The van der Waals surface area contributed by atoms with Crippen molar-refractivity contribution in [1.29, 1.82) is 0 Å². The summed E-state index contributed by atoms with van der Waals surface area (Å²) in [6, 6.07) is 3.21. The Bertz CT molecular complexity index is 340. The van der Waals surface area contributed by atoms with Crippen LogP contribution in [0.2, 0.25) is 5.02 Å². The maximum atomic E-state index is 12.4. The molecule has 0 radical (unpaired) electrons. The van der Waals surface area contributed by atoms with Gasteiger partial charge in [-0.05, 0) is 11.5 Å². The van der Waals surface area contributed by atoms with Crippen LogP contribution in [-0.2, 0) is 6.18 Å². The first kappa shape index (κ1) is 11.4. The van der Waals surface area contributed by atoms with Gasteiger partial charge in [0, 0.05) is 0 Å². The number of hydrogen-bond donors (Lipinski definition) is 2. The topological polar surface area (TPSA) is 40.5 Å². The van der Waals surface area contributed by atoms with Gasteiger partial charge in [0.1, 0.15) is 0 Å². The first-order valence-corrected chi connectivity index (χ1v) is 3.93. The van der Waals surface area contributed by atoms with Crippen LogP contribution in [0.3, 0.4) is 0 Å². The Hall–Kier alpha value is -0.715. The lowest BCUT2D eigenvalue weighted by molar-refractivity contribution is -0.136. The zero-order valence-electron chi connectivity index (χ0n) is 6.72. The molecule has 0 unspecified atom stereocenters. The molecule has 2 N–H and O–H groups in total. The van der Waals surface area contributed by atoms with Crippen molar-refractivity contribution in [3.05, 3.63) is 28.8 Å². The molecule has 0 spiro atoms. The summed E-state index contributed by atoms with van der Waals surface area (Å²) in [6.07, 6.45) is -4.70. The van der Waals surface area contributed by atoms with Gasteiger partial charge >= 0.3 is 13.3 Å². The number of hydrogen-bond acceptors (Lipinski definition) is 2. The van der Waals surface area contributed by atoms with E-state index in [0.717, 1.165) is 12.1 Å². The largest absolute Gasteiger partial charge is 0.489 e. The van der Waals surface area contributed by atoms with Crippen molar-refractivity contribution in [2.75, 3.05) is 0 Å². The Kier molecular flexibility index (Phi) is 3.09. The molecule has 0 bridgehead atoms. The van der Waals surface area contributed by atoms with Crippen LogP contribution in [0.1, 0.15) is 5.56 Å². The molecule has 7 heteroatoms. The average Bonchev–Trinajstić information content (AvgIpc) is 2.01. The van der Waals surface area contributed by atoms with Gasteiger partial charge < -0.3 is 10.0 Å². The van der Waals surface area contributed by atoms with Gasteiger partial charge in [-0.1, -0.05) is 23.7 Å². The van der Waals surface area contributed by atoms with Crippen molar-refractivity contribution >= 4 is 24.2 Å². The van der Waals surface area contributed by atoms with Crippen molar-refractivity contribution in [3.63, 3.8) is 0 Å². The third kappa shape index (κ3) is 2.20. The minimum Gasteiger partial charge on any atom is -0.423 e. The van der Waals surface area contributed by atoms with Gasteiger partial charge in [-0.2, -0.15) is 13.2 Å². The molecule has 0 saturated heterocycles. The highest BCUT2D eigenvalue weighted by atomic mass is 35.5. The lowest BCUT2D eigenvalue weighted by Crippen LogP contribution is -2.36. The third-order valence-electron chi connectivity index (χ3n) is 1.61. The standard InChI is InChI=1S/C7H5BClF3O2/c9-5-3-1-2-4(8(13)14)6(5)7(10,11)12/h1-3,13-14H. The van der Waals surface area contributed by atoms with Crippen LogP contribution in [0, 0.1) is 0 Å². The van der Waals surface area contributed by atoms with Crippen molar-refractivity contribution in [3.8, 4) is 0 Å². The van der Waals surface area contributed by atoms with E-state index >= 15 is 0 Å². The molecule has 0 atom stereocenters. The smallest absolute Gasteiger partial charge is 0.423 e. The monoisotopic (exact) mass is 224 g/mol. The van der Waals surface area contributed by atoms with Crippen molar-refractivity contribution in [2.45, 2.75) is 6.18 Å². The molecule has 1 aromatic rings. The van der Waals surface area contributed by atoms with Crippen molar-refractivity contribution in [1.82, 2.24) is 0 Å². The lowest BCUT2D eigenvalue weighted by Gasteiger charge is -2.13. The van der Waals surface area contributed by atoms with Crippen LogP contribution in [0.25, 0.3) is 0 Å². The molecule has 1 aromatic carbocycles. The minimum absolute atomic E-state index is 0.553. The second kappa shape index (κ2) is 3.80. The average molecular weight is 224 g/mol. The molecule has 76 valence electrons. The van der Waals surface area contributed by atoms with E-state index in [4.69, 9.17) is 21.6 Å². The van der Waals surface area contributed by atoms with Crippen LogP contribution >= 0.6 is 11.6 Å². The number of benzene rings is 1. The highest BCUT2D eigenvalue weighted by Gasteiger charge is 2.38. The SMILES string of the molecule is OB(O)c1cccc(Cl)c1C(F)(F)F. The van der Waals surface area contributed by atoms with E-state index in [-0.39, 0.29) is 0 Å². The molecule has 14 heavy (non-hydrogen) atoms. The summed E-state index contributed by atoms with van der Waals surface area (Å²) >= 11 is 5.32. The fourth-order valence-corrected chi connectivity index (χ4v) is 1.34. The molecule has 0 aliphatic heterocycles. The van der Waals surface area contributed by atoms with E-state index in [2.05, 4.69) is 0 Å². The molecular weight excluding hydrogens is 219 g/mol. The van der Waals surface area contributed by atoms with Gasteiger partial charge in [0.25, 0.3) is 0 Å². The number of rotatable bonds is 1.